The van der Waals surface area contributed by atoms with Crippen LogP contribution < -0.4 is 4.90 Å². The normalized spacial score (nSPS) is 15.4. The molecule has 5 rings (SSSR count). The fourth-order valence-electron chi connectivity index (χ4n) is 5.79. The molecule has 2 aliphatic heterocycles. The number of aromatic nitrogens is 1. The average molecular weight is 500 g/mol. The Labute approximate surface area is 218 Å². The first kappa shape index (κ1) is 25.2. The number of piperidine rings is 1. The molecule has 37 heavy (non-hydrogen) atoms. The monoisotopic (exact) mass is 499 g/mol. The predicted octanol–water partition coefficient (Wildman–Crippen LogP) is 7.11. The number of aryl methyl sites for hydroxylation is 1. The lowest BCUT2D eigenvalue weighted by Crippen LogP contribution is -2.45. The molecule has 1 fully saturated rings. The second-order valence-corrected chi connectivity index (χ2v) is 11.4. The van der Waals surface area contributed by atoms with Gasteiger partial charge in [-0.15, -0.1) is 0 Å². The number of para-hydroxylation sites is 1. The van der Waals surface area contributed by atoms with Gasteiger partial charge in [-0.25, -0.2) is 4.79 Å². The summed E-state index contributed by atoms with van der Waals surface area (Å²) in [6.45, 7) is 8.83. The topological polar surface area (TPSA) is 79.8 Å². The maximum absolute atomic E-state index is 12.5. The lowest BCUT2D eigenvalue weighted by molar-refractivity contribution is 0.172. The molecule has 2 aromatic carbocycles. The number of H-pyrrole nitrogens is 1. The first-order valence-corrected chi connectivity index (χ1v) is 13.3. The number of hydrogen-bond acceptors (Lipinski definition) is 3. The first-order chi connectivity index (χ1) is 17.7. The molecule has 194 valence electrons. The van der Waals surface area contributed by atoms with Gasteiger partial charge in [-0.05, 0) is 88.7 Å². The number of nitrogens with zero attached hydrogens (tertiary/aromatic N) is 2. The van der Waals surface area contributed by atoms with Crippen LogP contribution in [0.2, 0.25) is 0 Å². The van der Waals surface area contributed by atoms with Gasteiger partial charge in [-0.3, -0.25) is 9.80 Å². The molecule has 2 heterocycles. The van der Waals surface area contributed by atoms with Crippen LogP contribution in [-0.4, -0.2) is 44.8 Å². The summed E-state index contributed by atoms with van der Waals surface area (Å²) in [5, 5.41) is 22.4. The first-order valence-electron chi connectivity index (χ1n) is 13.3. The van der Waals surface area contributed by atoms with Crippen molar-refractivity contribution in [3.05, 3.63) is 71.8 Å². The van der Waals surface area contributed by atoms with Crippen molar-refractivity contribution >= 4 is 22.7 Å². The van der Waals surface area contributed by atoms with Crippen molar-refractivity contribution < 1.29 is 15.0 Å². The van der Waals surface area contributed by atoms with Gasteiger partial charge in [0.1, 0.15) is 5.75 Å². The zero-order chi connectivity index (χ0) is 26.2. The van der Waals surface area contributed by atoms with Gasteiger partial charge in [0.25, 0.3) is 0 Å². The lowest BCUT2D eigenvalue weighted by atomic mass is 9.90. The molecule has 0 atom stereocenters. The minimum atomic E-state index is -1.03. The Morgan fingerprint density at radius 1 is 1.05 bits per heavy atom. The molecule has 0 bridgehead atoms. The Morgan fingerprint density at radius 2 is 1.73 bits per heavy atom. The van der Waals surface area contributed by atoms with Crippen molar-refractivity contribution in [1.82, 2.24) is 9.88 Å². The zero-order valence-electron chi connectivity index (χ0n) is 22.0. The Kier molecular flexibility index (Phi) is 6.86. The van der Waals surface area contributed by atoms with E-state index < -0.39 is 11.6 Å². The maximum Gasteiger partial charge on any atom is 0.412 e. The Balaban J connectivity index is 1.38. The van der Waals surface area contributed by atoms with E-state index in [4.69, 9.17) is 0 Å². The van der Waals surface area contributed by atoms with Crippen LogP contribution in [0.15, 0.2) is 60.7 Å². The van der Waals surface area contributed by atoms with Crippen LogP contribution in [0.25, 0.3) is 22.2 Å². The number of carboxylic acid groups (broad SMARTS) is 1. The van der Waals surface area contributed by atoms with Crippen molar-refractivity contribution in [3.63, 3.8) is 0 Å². The van der Waals surface area contributed by atoms with Gasteiger partial charge in [0, 0.05) is 23.0 Å². The minimum Gasteiger partial charge on any atom is -0.507 e. The fraction of sp³-hybridized carbons (Fsp3) is 0.387. The highest BCUT2D eigenvalue weighted by molar-refractivity contribution is 6.09. The van der Waals surface area contributed by atoms with Gasteiger partial charge < -0.3 is 15.2 Å². The smallest absolute Gasteiger partial charge is 0.412 e. The molecular weight excluding hydrogens is 462 g/mol. The number of benzene rings is 2. The number of fused-ring (bicyclic) bond motifs is 2. The molecule has 3 N–H and O–H groups in total. The number of rotatable bonds is 6. The third-order valence-corrected chi connectivity index (χ3v) is 7.68. The maximum atomic E-state index is 12.5. The van der Waals surface area contributed by atoms with E-state index in [9.17, 15) is 15.0 Å². The summed E-state index contributed by atoms with van der Waals surface area (Å²) >= 11 is 0. The minimum absolute atomic E-state index is 0.198. The lowest BCUT2D eigenvalue weighted by Gasteiger charge is -2.35. The highest BCUT2D eigenvalue weighted by Crippen LogP contribution is 2.48. The van der Waals surface area contributed by atoms with Crippen molar-refractivity contribution in [1.29, 1.82) is 0 Å². The van der Waals surface area contributed by atoms with Gasteiger partial charge in [-0.1, -0.05) is 48.5 Å². The van der Waals surface area contributed by atoms with Crippen LogP contribution in [0, 0.1) is 5.92 Å². The third-order valence-electron chi connectivity index (χ3n) is 7.68. The van der Waals surface area contributed by atoms with E-state index >= 15 is 0 Å². The predicted molar refractivity (Wildman–Crippen MR) is 150 cm³/mol. The van der Waals surface area contributed by atoms with Crippen LogP contribution in [0.1, 0.15) is 51.2 Å². The average Bonchev–Trinajstić information content (AvgIpc) is 3.18. The highest BCUT2D eigenvalue weighted by atomic mass is 16.4. The summed E-state index contributed by atoms with van der Waals surface area (Å²) in [6, 6.07) is 20.3. The molecule has 1 amide bonds. The van der Waals surface area contributed by atoms with Gasteiger partial charge in [0.05, 0.1) is 16.9 Å². The number of amides is 1. The van der Waals surface area contributed by atoms with Gasteiger partial charge >= 0.3 is 6.09 Å². The Hall–Kier alpha value is -3.51. The van der Waals surface area contributed by atoms with E-state index in [2.05, 4.69) is 40.2 Å². The van der Waals surface area contributed by atoms with Crippen LogP contribution in [0.3, 0.4) is 0 Å². The second-order valence-electron chi connectivity index (χ2n) is 11.4. The van der Waals surface area contributed by atoms with Crippen LogP contribution in [0.5, 0.6) is 5.75 Å². The Morgan fingerprint density at radius 3 is 2.41 bits per heavy atom. The van der Waals surface area contributed by atoms with E-state index in [1.165, 1.54) is 10.5 Å². The van der Waals surface area contributed by atoms with E-state index in [0.29, 0.717) is 17.2 Å². The van der Waals surface area contributed by atoms with Gasteiger partial charge in [0.15, 0.2) is 0 Å². The molecule has 2 aromatic rings. The van der Waals surface area contributed by atoms with Crippen molar-refractivity contribution in [3.8, 4) is 17.0 Å². The van der Waals surface area contributed by atoms with Crippen LogP contribution in [-0.2, 0) is 13.0 Å². The van der Waals surface area contributed by atoms with Crippen molar-refractivity contribution in [2.45, 2.75) is 58.5 Å². The summed E-state index contributed by atoms with van der Waals surface area (Å²) < 4.78 is 0. The molecule has 0 saturated carbocycles. The standard InChI is InChI=1S/C31H37N3O3/c1-31(2,3)34(30(36)37)28-24-11-7-8-12-25(24)32-26-19-23(29(35)27(26)28)14-13-21-15-17-33(18-16-21)20-22-9-5-4-6-10-22/h4-12,19,21,32,35H,13-18,20H2,1-3H3,(H,36,37). The number of anilines is 1. The molecule has 1 aliphatic carbocycles. The summed E-state index contributed by atoms with van der Waals surface area (Å²) in [5.41, 5.74) is 4.32. The fourth-order valence-corrected chi connectivity index (χ4v) is 5.79. The SMILES string of the molecule is CC(C)(C)N(C(=O)O)c1c2c(O)c(CCC3CCN(Cc4ccccc4)CC3)cc-2[nH]c2ccccc12. The van der Waals surface area contributed by atoms with Gasteiger partial charge in [0.2, 0.25) is 0 Å². The molecule has 0 radical (unpaired) electrons. The Bertz CT molecular complexity index is 1350. The van der Waals surface area contributed by atoms with E-state index in [0.717, 1.165) is 67.5 Å². The number of carbonyl (C=O) groups is 1. The number of likely N-dealkylation sites (tertiary alicyclic amines) is 1. The third kappa shape index (κ3) is 5.16. The zero-order valence-corrected chi connectivity index (χ0v) is 22.0. The van der Waals surface area contributed by atoms with E-state index in [1.807, 2.05) is 51.1 Å². The second kappa shape index (κ2) is 10.1. The van der Waals surface area contributed by atoms with Crippen LogP contribution >= 0.6 is 0 Å². The number of nitrogens with one attached hydrogen (secondary N) is 1. The van der Waals surface area contributed by atoms with Crippen LogP contribution in [0.4, 0.5) is 10.5 Å². The quantitative estimate of drug-likeness (QED) is 0.264. The molecular formula is C31H37N3O3. The summed E-state index contributed by atoms with van der Waals surface area (Å²) in [5.74, 6) is 0.820. The summed E-state index contributed by atoms with van der Waals surface area (Å²) in [4.78, 5) is 19.8. The molecule has 6 heteroatoms. The molecule has 0 unspecified atom stereocenters. The molecule has 6 nitrogen and oxygen atoms in total. The number of aromatic hydroxyl groups is 1. The number of aromatic amines is 1. The van der Waals surface area contributed by atoms with Crippen molar-refractivity contribution in [2.75, 3.05) is 18.0 Å². The number of pyridine rings is 1. The van der Waals surface area contributed by atoms with Gasteiger partial charge in [-0.2, -0.15) is 0 Å². The molecule has 1 saturated heterocycles. The van der Waals surface area contributed by atoms with E-state index in [-0.39, 0.29) is 5.75 Å². The van der Waals surface area contributed by atoms with Crippen molar-refractivity contribution in [2.24, 2.45) is 5.92 Å². The summed E-state index contributed by atoms with van der Waals surface area (Å²) in [7, 11) is 0. The van der Waals surface area contributed by atoms with E-state index in [1.54, 1.807) is 0 Å². The summed E-state index contributed by atoms with van der Waals surface area (Å²) in [6.07, 6.45) is 3.07. The molecule has 0 aromatic heterocycles. The molecule has 3 aliphatic rings. The largest absolute Gasteiger partial charge is 0.507 e. The highest BCUT2D eigenvalue weighted by Gasteiger charge is 2.34. The molecule has 0 spiro atoms. The number of hydrogen-bond donors (Lipinski definition) is 3.